The van der Waals surface area contributed by atoms with E-state index in [0.29, 0.717) is 16.3 Å². The number of nitriles is 1. The Morgan fingerprint density at radius 3 is 2.77 bits per heavy atom. The van der Waals surface area contributed by atoms with E-state index in [-0.39, 0.29) is 11.5 Å². The van der Waals surface area contributed by atoms with Crippen LogP contribution in [0.25, 0.3) is 0 Å². The summed E-state index contributed by atoms with van der Waals surface area (Å²) in [6, 6.07) is 6.05. The largest absolute Gasteiger partial charge is 0.444 e. The van der Waals surface area contributed by atoms with Crippen LogP contribution in [-0.2, 0) is 4.74 Å². The summed E-state index contributed by atoms with van der Waals surface area (Å²) in [5.41, 5.74) is 5.73. The monoisotopic (exact) mass is 321 g/mol. The molecule has 7 heteroatoms. The summed E-state index contributed by atoms with van der Waals surface area (Å²) in [6.07, 6.45) is -0.661. The van der Waals surface area contributed by atoms with Crippen molar-refractivity contribution in [3.8, 4) is 11.8 Å². The third-order valence-corrected chi connectivity index (χ3v) is 3.07. The highest BCUT2D eigenvalue weighted by atomic mass is 35.5. The average molecular weight is 322 g/mol. The quantitative estimate of drug-likeness (QED) is 0.828. The number of carbonyl (C=O) groups excluding carboxylic acids is 1. The van der Waals surface area contributed by atoms with Crippen LogP contribution in [-0.4, -0.2) is 11.7 Å². The van der Waals surface area contributed by atoms with Crippen molar-refractivity contribution in [2.24, 2.45) is 5.73 Å². The van der Waals surface area contributed by atoms with Gasteiger partial charge in [-0.05, 0) is 39.0 Å². The number of hydrogen-bond donors (Lipinski definition) is 2. The van der Waals surface area contributed by atoms with E-state index in [1.165, 1.54) is 0 Å². The van der Waals surface area contributed by atoms with Crippen molar-refractivity contribution in [3.05, 3.63) is 40.2 Å². The number of nitrogens with one attached hydrogen (secondary N) is 1. The van der Waals surface area contributed by atoms with Crippen LogP contribution in [0.1, 0.15) is 32.4 Å². The molecule has 0 radical (unpaired) electrons. The summed E-state index contributed by atoms with van der Waals surface area (Å²) in [5.74, 6) is 0.375. The van der Waals surface area contributed by atoms with Crippen molar-refractivity contribution in [1.29, 1.82) is 5.26 Å². The molecule has 1 aromatic rings. The Hall–Kier alpha value is -2.39. The van der Waals surface area contributed by atoms with E-state index in [2.05, 4.69) is 5.32 Å². The van der Waals surface area contributed by atoms with Gasteiger partial charge >= 0.3 is 6.09 Å². The number of carbonyl (C=O) groups is 1. The number of fused-ring (bicyclic) bond motifs is 1. The van der Waals surface area contributed by atoms with Crippen molar-refractivity contribution in [1.82, 2.24) is 5.32 Å². The molecule has 116 valence electrons. The molecule has 0 bridgehead atoms. The van der Waals surface area contributed by atoms with Crippen LogP contribution < -0.4 is 15.8 Å². The molecule has 0 saturated heterocycles. The maximum Gasteiger partial charge on any atom is 0.408 e. The predicted molar refractivity (Wildman–Crippen MR) is 81.0 cm³/mol. The first-order valence-electron chi connectivity index (χ1n) is 6.58. The number of hydrogen-bond acceptors (Lipinski definition) is 5. The number of ether oxygens (including phenoxy) is 2. The molecule has 0 unspecified atom stereocenters. The highest BCUT2D eigenvalue weighted by molar-refractivity contribution is 6.30. The van der Waals surface area contributed by atoms with Crippen molar-refractivity contribution < 1.29 is 14.3 Å². The van der Waals surface area contributed by atoms with Gasteiger partial charge in [0.2, 0.25) is 5.88 Å². The lowest BCUT2D eigenvalue weighted by Gasteiger charge is -2.28. The Balaban J connectivity index is 2.37. The summed E-state index contributed by atoms with van der Waals surface area (Å²) in [6.45, 7) is 5.24. The molecule has 22 heavy (non-hydrogen) atoms. The summed E-state index contributed by atoms with van der Waals surface area (Å²) < 4.78 is 10.6. The second kappa shape index (κ2) is 5.78. The van der Waals surface area contributed by atoms with Gasteiger partial charge in [0.25, 0.3) is 0 Å². The Labute approximate surface area is 133 Å². The molecule has 6 nitrogen and oxygen atoms in total. The summed E-state index contributed by atoms with van der Waals surface area (Å²) in [5, 5.41) is 12.4. The molecule has 1 aromatic carbocycles. The Morgan fingerprint density at radius 2 is 2.18 bits per heavy atom. The number of amides is 1. The molecule has 0 spiro atoms. The van der Waals surface area contributed by atoms with Crippen LogP contribution in [0.5, 0.6) is 5.75 Å². The van der Waals surface area contributed by atoms with Crippen LogP contribution in [0.3, 0.4) is 0 Å². The van der Waals surface area contributed by atoms with Gasteiger partial charge in [0.05, 0.1) is 0 Å². The molecule has 3 N–H and O–H groups in total. The van der Waals surface area contributed by atoms with Gasteiger partial charge in [-0.25, -0.2) is 4.79 Å². The zero-order valence-electron chi connectivity index (χ0n) is 12.4. The molecule has 0 aliphatic carbocycles. The molecule has 2 rings (SSSR count). The van der Waals surface area contributed by atoms with Crippen molar-refractivity contribution in [3.63, 3.8) is 0 Å². The minimum atomic E-state index is -0.776. The normalized spacial score (nSPS) is 17.1. The Morgan fingerprint density at radius 1 is 1.50 bits per heavy atom. The van der Waals surface area contributed by atoms with Crippen LogP contribution in [0.2, 0.25) is 5.02 Å². The van der Waals surface area contributed by atoms with Gasteiger partial charge < -0.3 is 20.5 Å². The highest BCUT2D eigenvalue weighted by Crippen LogP contribution is 2.37. The van der Waals surface area contributed by atoms with Gasteiger partial charge in [-0.3, -0.25) is 0 Å². The van der Waals surface area contributed by atoms with Crippen LogP contribution in [0, 0.1) is 11.3 Å². The molecule has 1 aliphatic heterocycles. The topological polar surface area (TPSA) is 97.4 Å². The number of halogens is 1. The van der Waals surface area contributed by atoms with Crippen LogP contribution >= 0.6 is 11.6 Å². The van der Waals surface area contributed by atoms with Crippen molar-refractivity contribution in [2.45, 2.75) is 32.4 Å². The van der Waals surface area contributed by atoms with E-state index in [4.69, 9.17) is 26.8 Å². The number of alkyl carbamates (subject to hydrolysis) is 1. The molecule has 1 aliphatic rings. The summed E-state index contributed by atoms with van der Waals surface area (Å²) >= 11 is 5.98. The third-order valence-electron chi connectivity index (χ3n) is 2.84. The van der Waals surface area contributed by atoms with Gasteiger partial charge in [0.15, 0.2) is 0 Å². The van der Waals surface area contributed by atoms with Gasteiger partial charge in [-0.1, -0.05) is 11.6 Å². The molecule has 1 atom stereocenters. The van der Waals surface area contributed by atoms with Gasteiger partial charge in [-0.2, -0.15) is 5.26 Å². The van der Waals surface area contributed by atoms with E-state index < -0.39 is 17.7 Å². The van der Waals surface area contributed by atoms with E-state index in [1.54, 1.807) is 39.0 Å². The zero-order chi connectivity index (χ0) is 16.5. The minimum Gasteiger partial charge on any atom is -0.444 e. The molecular formula is C15H16ClN3O3. The maximum atomic E-state index is 12.0. The van der Waals surface area contributed by atoms with Gasteiger partial charge in [-0.15, -0.1) is 0 Å². The summed E-state index contributed by atoms with van der Waals surface area (Å²) in [7, 11) is 0. The SMILES string of the molecule is CC(C)(C)OC(=O)N[C@H]1C(C#N)=C(N)Oc2ccc(Cl)cc21. The zero-order valence-corrected chi connectivity index (χ0v) is 13.2. The van der Waals surface area contributed by atoms with E-state index in [1.807, 2.05) is 6.07 Å². The fourth-order valence-corrected chi connectivity index (χ4v) is 2.18. The standard InChI is InChI=1S/C15H16ClN3O3/c1-15(2,3)22-14(20)19-12-9-6-8(16)4-5-11(9)21-13(18)10(12)7-17/h4-6,12H,18H2,1-3H3,(H,19,20)/t12-/m1/s1. The first-order valence-corrected chi connectivity index (χ1v) is 6.95. The van der Waals surface area contributed by atoms with Crippen molar-refractivity contribution in [2.75, 3.05) is 0 Å². The number of benzene rings is 1. The summed E-state index contributed by atoms with van der Waals surface area (Å²) in [4.78, 5) is 12.0. The van der Waals surface area contributed by atoms with Crippen molar-refractivity contribution >= 4 is 17.7 Å². The Bertz CT molecular complexity index is 686. The predicted octanol–water partition coefficient (Wildman–Crippen LogP) is 2.99. The Kier molecular flexibility index (Phi) is 4.20. The molecule has 1 heterocycles. The highest BCUT2D eigenvalue weighted by Gasteiger charge is 2.32. The number of nitrogens with two attached hydrogens (primary N) is 1. The lowest BCUT2D eigenvalue weighted by atomic mass is 9.97. The van der Waals surface area contributed by atoms with Crippen LogP contribution in [0.15, 0.2) is 29.7 Å². The second-order valence-electron chi connectivity index (χ2n) is 5.75. The number of nitrogens with zero attached hydrogens (tertiary/aromatic N) is 1. The lowest BCUT2D eigenvalue weighted by Crippen LogP contribution is -2.37. The average Bonchev–Trinajstić information content (AvgIpc) is 2.37. The minimum absolute atomic E-state index is 0.0571. The van der Waals surface area contributed by atoms with Gasteiger partial charge in [0, 0.05) is 10.6 Å². The van der Waals surface area contributed by atoms with E-state index in [9.17, 15) is 10.1 Å². The molecular weight excluding hydrogens is 306 g/mol. The number of rotatable bonds is 1. The third kappa shape index (κ3) is 3.43. The first-order chi connectivity index (χ1) is 10.2. The lowest BCUT2D eigenvalue weighted by molar-refractivity contribution is 0.0510. The van der Waals surface area contributed by atoms with E-state index in [0.717, 1.165) is 0 Å². The maximum absolute atomic E-state index is 12.0. The molecule has 1 amide bonds. The first kappa shape index (κ1) is 16.0. The molecule has 0 saturated carbocycles. The fourth-order valence-electron chi connectivity index (χ4n) is 2.00. The second-order valence-corrected chi connectivity index (χ2v) is 6.19. The van der Waals surface area contributed by atoms with Gasteiger partial charge in [0.1, 0.15) is 29.0 Å². The fraction of sp³-hybridized carbons (Fsp3) is 0.333. The van der Waals surface area contributed by atoms with E-state index >= 15 is 0 Å². The smallest absolute Gasteiger partial charge is 0.408 e. The molecule has 0 aromatic heterocycles. The molecule has 0 fully saturated rings. The van der Waals surface area contributed by atoms with Crippen LogP contribution in [0.4, 0.5) is 4.79 Å².